The molecule has 0 radical (unpaired) electrons. The van der Waals surface area contributed by atoms with Crippen molar-refractivity contribution < 1.29 is 14.3 Å². The lowest BCUT2D eigenvalue weighted by molar-refractivity contribution is 0.0652. The van der Waals surface area contributed by atoms with Gasteiger partial charge in [0.2, 0.25) is 0 Å². The molecule has 1 fully saturated rings. The highest BCUT2D eigenvalue weighted by atomic mass is 16.5. The van der Waals surface area contributed by atoms with Gasteiger partial charge in [0, 0.05) is 49.7 Å². The minimum Gasteiger partial charge on any atom is -0.497 e. The first-order valence-corrected chi connectivity index (χ1v) is 12.5. The third kappa shape index (κ3) is 5.49. The van der Waals surface area contributed by atoms with Crippen molar-refractivity contribution in [3.63, 3.8) is 0 Å². The molecule has 3 aromatic carbocycles. The number of rotatable bonds is 7. The van der Waals surface area contributed by atoms with Crippen LogP contribution < -0.4 is 9.47 Å². The van der Waals surface area contributed by atoms with Crippen molar-refractivity contribution in [3.05, 3.63) is 96.1 Å². The maximum Gasteiger partial charge on any atom is 0.254 e. The summed E-state index contributed by atoms with van der Waals surface area (Å²) in [7, 11) is 3.25. The quantitative estimate of drug-likeness (QED) is 0.346. The highest BCUT2D eigenvalue weighted by Crippen LogP contribution is 2.34. The molecule has 1 saturated heterocycles. The molecule has 1 aromatic heterocycles. The summed E-state index contributed by atoms with van der Waals surface area (Å²) in [4.78, 5) is 23.0. The average Bonchev–Trinajstić information content (AvgIpc) is 2.96. The van der Waals surface area contributed by atoms with Gasteiger partial charge in [-0.2, -0.15) is 0 Å². The van der Waals surface area contributed by atoms with E-state index in [1.807, 2.05) is 71.6 Å². The van der Waals surface area contributed by atoms with E-state index in [0.29, 0.717) is 35.8 Å². The summed E-state index contributed by atoms with van der Waals surface area (Å²) in [6.07, 6.45) is 4.34. The molecule has 6 heteroatoms. The van der Waals surface area contributed by atoms with Crippen LogP contribution in [0.1, 0.15) is 15.9 Å². The van der Waals surface area contributed by atoms with Crippen LogP contribution in [0.3, 0.4) is 0 Å². The zero-order valence-electron chi connectivity index (χ0n) is 21.3. The van der Waals surface area contributed by atoms with Crippen LogP contribution in [0, 0.1) is 0 Å². The van der Waals surface area contributed by atoms with Crippen LogP contribution in [0.2, 0.25) is 0 Å². The number of carbonyl (C=O) groups is 1. The molecule has 1 aliphatic heterocycles. The van der Waals surface area contributed by atoms with Crippen molar-refractivity contribution in [1.82, 2.24) is 14.8 Å². The minimum absolute atomic E-state index is 0.0341. The summed E-state index contributed by atoms with van der Waals surface area (Å²) in [5.41, 5.74) is 4.16. The van der Waals surface area contributed by atoms with Gasteiger partial charge < -0.3 is 14.4 Å². The van der Waals surface area contributed by atoms with Gasteiger partial charge in [-0.05, 0) is 29.8 Å². The number of fused-ring (bicyclic) bond motifs is 1. The number of methoxy groups -OCH3 is 2. The number of piperazine rings is 1. The average molecular weight is 494 g/mol. The van der Waals surface area contributed by atoms with Crippen LogP contribution in [-0.4, -0.2) is 67.6 Å². The molecule has 188 valence electrons. The Labute approximate surface area is 217 Å². The normalized spacial score (nSPS) is 14.3. The van der Waals surface area contributed by atoms with Crippen molar-refractivity contribution in [1.29, 1.82) is 0 Å². The summed E-state index contributed by atoms with van der Waals surface area (Å²) in [5, 5.41) is 0.858. The third-order valence-electron chi connectivity index (χ3n) is 6.76. The first-order valence-electron chi connectivity index (χ1n) is 12.5. The smallest absolute Gasteiger partial charge is 0.254 e. The molecule has 0 saturated carbocycles. The van der Waals surface area contributed by atoms with Gasteiger partial charge in [-0.3, -0.25) is 9.69 Å². The van der Waals surface area contributed by atoms with Gasteiger partial charge in [0.1, 0.15) is 11.5 Å². The molecule has 2 heterocycles. The van der Waals surface area contributed by atoms with E-state index in [-0.39, 0.29) is 5.91 Å². The molecule has 6 nitrogen and oxygen atoms in total. The van der Waals surface area contributed by atoms with Crippen molar-refractivity contribution in [3.8, 4) is 22.8 Å². The predicted octanol–water partition coefficient (Wildman–Crippen LogP) is 5.39. The number of hydrogen-bond acceptors (Lipinski definition) is 5. The second-order valence-electron chi connectivity index (χ2n) is 9.04. The molecule has 0 bridgehead atoms. The lowest BCUT2D eigenvalue weighted by atomic mass is 10.0. The maximum absolute atomic E-state index is 13.8. The Morgan fingerprint density at radius 3 is 2.41 bits per heavy atom. The molecule has 0 N–H and O–H groups in total. The summed E-state index contributed by atoms with van der Waals surface area (Å²) in [6, 6.07) is 25.6. The van der Waals surface area contributed by atoms with E-state index in [0.717, 1.165) is 36.1 Å². The Morgan fingerprint density at radius 1 is 0.892 bits per heavy atom. The number of benzene rings is 3. The van der Waals surface area contributed by atoms with E-state index in [9.17, 15) is 4.79 Å². The highest BCUT2D eigenvalue weighted by molar-refractivity contribution is 6.07. The molecule has 5 rings (SSSR count). The summed E-state index contributed by atoms with van der Waals surface area (Å²) >= 11 is 0. The molecule has 0 spiro atoms. The number of ether oxygens (including phenoxy) is 2. The lowest BCUT2D eigenvalue weighted by Gasteiger charge is -2.34. The summed E-state index contributed by atoms with van der Waals surface area (Å²) < 4.78 is 11.0. The topological polar surface area (TPSA) is 54.9 Å². The predicted molar refractivity (Wildman–Crippen MR) is 148 cm³/mol. The van der Waals surface area contributed by atoms with E-state index in [1.54, 1.807) is 14.2 Å². The Balaban J connectivity index is 1.36. The zero-order valence-corrected chi connectivity index (χ0v) is 21.3. The van der Waals surface area contributed by atoms with E-state index in [2.05, 4.69) is 29.2 Å². The number of nitrogens with zero attached hydrogens (tertiary/aromatic N) is 3. The Morgan fingerprint density at radius 2 is 1.65 bits per heavy atom. The second kappa shape index (κ2) is 11.3. The van der Waals surface area contributed by atoms with Crippen LogP contribution in [0.25, 0.3) is 28.2 Å². The first kappa shape index (κ1) is 24.5. The van der Waals surface area contributed by atoms with Crippen LogP contribution in [0.4, 0.5) is 0 Å². The third-order valence-corrected chi connectivity index (χ3v) is 6.76. The number of amides is 1. The maximum atomic E-state index is 13.8. The van der Waals surface area contributed by atoms with Gasteiger partial charge in [-0.25, -0.2) is 4.98 Å². The fourth-order valence-electron chi connectivity index (χ4n) is 4.71. The number of para-hydroxylation sites is 1. The molecular formula is C31H31N3O3. The molecular weight excluding hydrogens is 462 g/mol. The Kier molecular flexibility index (Phi) is 7.47. The molecule has 0 unspecified atom stereocenters. The fraction of sp³-hybridized carbons (Fsp3) is 0.226. The Hall–Kier alpha value is -4.16. The van der Waals surface area contributed by atoms with Gasteiger partial charge in [0.05, 0.1) is 31.0 Å². The minimum atomic E-state index is 0.0341. The summed E-state index contributed by atoms with van der Waals surface area (Å²) in [6.45, 7) is 3.93. The first-order chi connectivity index (χ1) is 18.2. The van der Waals surface area contributed by atoms with E-state index in [1.165, 1.54) is 5.56 Å². The van der Waals surface area contributed by atoms with Gasteiger partial charge >= 0.3 is 0 Å². The van der Waals surface area contributed by atoms with Gasteiger partial charge in [-0.1, -0.05) is 60.7 Å². The molecule has 4 aromatic rings. The van der Waals surface area contributed by atoms with E-state index in [4.69, 9.17) is 14.5 Å². The van der Waals surface area contributed by atoms with E-state index >= 15 is 0 Å². The van der Waals surface area contributed by atoms with Crippen LogP contribution >= 0.6 is 0 Å². The van der Waals surface area contributed by atoms with Crippen molar-refractivity contribution >= 4 is 22.9 Å². The molecule has 1 aliphatic rings. The molecule has 0 atom stereocenters. The van der Waals surface area contributed by atoms with Crippen LogP contribution in [0.5, 0.6) is 11.5 Å². The second-order valence-corrected chi connectivity index (χ2v) is 9.04. The largest absolute Gasteiger partial charge is 0.497 e. The SMILES string of the molecule is COc1ccc(-c2cc(C(=O)N3CCN(CC=Cc4ccccc4)CC3)c3ccccc3n2)c(OC)c1. The Bertz CT molecular complexity index is 1410. The highest BCUT2D eigenvalue weighted by Gasteiger charge is 2.24. The van der Waals surface area contributed by atoms with Crippen molar-refractivity contribution in [2.24, 2.45) is 0 Å². The molecule has 0 aliphatic carbocycles. The van der Waals surface area contributed by atoms with E-state index < -0.39 is 0 Å². The monoisotopic (exact) mass is 493 g/mol. The lowest BCUT2D eigenvalue weighted by Crippen LogP contribution is -2.48. The summed E-state index contributed by atoms with van der Waals surface area (Å²) in [5.74, 6) is 1.39. The van der Waals surface area contributed by atoms with Gasteiger partial charge in [0.25, 0.3) is 5.91 Å². The van der Waals surface area contributed by atoms with Crippen LogP contribution in [0.15, 0.2) is 84.9 Å². The van der Waals surface area contributed by atoms with Crippen LogP contribution in [-0.2, 0) is 0 Å². The molecule has 1 amide bonds. The van der Waals surface area contributed by atoms with Gasteiger partial charge in [0.15, 0.2) is 0 Å². The van der Waals surface area contributed by atoms with Crippen molar-refractivity contribution in [2.45, 2.75) is 0 Å². The molecule has 37 heavy (non-hydrogen) atoms. The standard InChI is InChI=1S/C31H31N3O3/c1-36-24-14-15-26(30(21-24)37-2)29-22-27(25-12-6-7-13-28(25)32-29)31(35)34-19-17-33(18-20-34)16-8-11-23-9-4-3-5-10-23/h3-15,21-22H,16-20H2,1-2H3. The van der Waals surface area contributed by atoms with Crippen molar-refractivity contribution in [2.75, 3.05) is 46.9 Å². The van der Waals surface area contributed by atoms with Gasteiger partial charge in [-0.15, -0.1) is 0 Å². The number of hydrogen-bond donors (Lipinski definition) is 0. The number of carbonyl (C=O) groups excluding carboxylic acids is 1. The zero-order chi connectivity index (χ0) is 25.6. The fourth-order valence-corrected chi connectivity index (χ4v) is 4.71. The number of aromatic nitrogens is 1. The number of pyridine rings is 1.